The number of aromatic nitrogens is 1. The lowest BCUT2D eigenvalue weighted by Crippen LogP contribution is -2.61. The van der Waals surface area contributed by atoms with E-state index in [4.69, 9.17) is 4.74 Å². The van der Waals surface area contributed by atoms with Crippen LogP contribution in [0.25, 0.3) is 0 Å². The normalized spacial score (nSPS) is 34.9. The van der Waals surface area contributed by atoms with Crippen molar-refractivity contribution in [1.29, 1.82) is 0 Å². The third-order valence-electron chi connectivity index (χ3n) is 4.76. The SMILES string of the molecule is O=CNc1cnc2c(c1)CC1(CN3CCC1CC3)O2. The highest BCUT2D eigenvalue weighted by Gasteiger charge is 2.52. The molecule has 4 aliphatic heterocycles. The molecule has 0 aromatic carbocycles. The van der Waals surface area contributed by atoms with Crippen LogP contribution in [0.4, 0.5) is 5.69 Å². The minimum Gasteiger partial charge on any atom is -0.469 e. The second-order valence-electron chi connectivity index (χ2n) is 5.84. The Kier molecular flexibility index (Phi) is 2.33. The van der Waals surface area contributed by atoms with Crippen molar-refractivity contribution in [1.82, 2.24) is 9.88 Å². The Bertz CT molecular complexity index is 525. The molecule has 5 nitrogen and oxygen atoms in total. The van der Waals surface area contributed by atoms with E-state index in [1.165, 1.54) is 25.9 Å². The molecule has 3 fully saturated rings. The van der Waals surface area contributed by atoms with Crippen molar-refractivity contribution in [3.05, 3.63) is 17.8 Å². The number of anilines is 1. The number of piperidine rings is 3. The van der Waals surface area contributed by atoms with Gasteiger partial charge in [-0.25, -0.2) is 4.98 Å². The molecule has 1 unspecified atom stereocenters. The Balaban J connectivity index is 1.64. The zero-order valence-electron chi connectivity index (χ0n) is 10.8. The Morgan fingerprint density at radius 2 is 2.32 bits per heavy atom. The van der Waals surface area contributed by atoms with Gasteiger partial charge in [-0.2, -0.15) is 0 Å². The van der Waals surface area contributed by atoms with Crippen LogP contribution in [0.1, 0.15) is 18.4 Å². The highest BCUT2D eigenvalue weighted by Crippen LogP contribution is 2.46. The largest absolute Gasteiger partial charge is 0.469 e. The van der Waals surface area contributed by atoms with E-state index in [0.717, 1.165) is 30.1 Å². The van der Waals surface area contributed by atoms with Crippen LogP contribution in [0, 0.1) is 5.92 Å². The van der Waals surface area contributed by atoms with E-state index in [1.54, 1.807) is 6.20 Å². The third-order valence-corrected chi connectivity index (χ3v) is 4.76. The van der Waals surface area contributed by atoms with Crippen LogP contribution in [0.3, 0.4) is 0 Å². The van der Waals surface area contributed by atoms with Gasteiger partial charge in [0.2, 0.25) is 12.3 Å². The number of rotatable bonds is 2. The molecule has 5 rings (SSSR count). The molecule has 1 amide bonds. The summed E-state index contributed by atoms with van der Waals surface area (Å²) in [7, 11) is 0. The van der Waals surface area contributed by atoms with Crippen molar-refractivity contribution in [2.75, 3.05) is 25.0 Å². The van der Waals surface area contributed by atoms with Crippen LogP contribution in [0.2, 0.25) is 0 Å². The Hall–Kier alpha value is -1.62. The van der Waals surface area contributed by atoms with Gasteiger partial charge in [0.15, 0.2) is 0 Å². The maximum atomic E-state index is 10.5. The van der Waals surface area contributed by atoms with Gasteiger partial charge in [-0.05, 0) is 32.0 Å². The van der Waals surface area contributed by atoms with Gasteiger partial charge in [-0.1, -0.05) is 0 Å². The molecule has 5 heterocycles. The highest BCUT2D eigenvalue weighted by atomic mass is 16.5. The lowest BCUT2D eigenvalue weighted by Gasteiger charge is -2.50. The van der Waals surface area contributed by atoms with E-state index in [2.05, 4.69) is 15.2 Å². The van der Waals surface area contributed by atoms with E-state index in [9.17, 15) is 4.79 Å². The van der Waals surface area contributed by atoms with Crippen molar-refractivity contribution < 1.29 is 9.53 Å². The standard InChI is InChI=1S/C14H17N3O2/c18-9-16-12-5-10-6-14(19-13(10)15-7-12)8-17-3-1-11(14)2-4-17/h5,7,9,11H,1-4,6,8H2,(H,16,18). The van der Waals surface area contributed by atoms with Gasteiger partial charge < -0.3 is 10.1 Å². The Morgan fingerprint density at radius 3 is 3.00 bits per heavy atom. The maximum absolute atomic E-state index is 10.5. The van der Waals surface area contributed by atoms with E-state index in [1.807, 2.05) is 6.07 Å². The molecule has 1 aromatic rings. The summed E-state index contributed by atoms with van der Waals surface area (Å²) in [5, 5.41) is 2.65. The number of carbonyl (C=O) groups excluding carboxylic acids is 1. The van der Waals surface area contributed by atoms with Crippen molar-refractivity contribution in [2.24, 2.45) is 5.92 Å². The molecule has 1 N–H and O–H groups in total. The summed E-state index contributed by atoms with van der Waals surface area (Å²) in [6, 6.07) is 1.99. The van der Waals surface area contributed by atoms with Crippen LogP contribution in [-0.2, 0) is 11.2 Å². The fourth-order valence-corrected chi connectivity index (χ4v) is 3.85. The second-order valence-corrected chi connectivity index (χ2v) is 5.84. The first-order valence-corrected chi connectivity index (χ1v) is 6.89. The molecule has 2 bridgehead atoms. The summed E-state index contributed by atoms with van der Waals surface area (Å²) in [5.74, 6) is 1.40. The molecule has 0 radical (unpaired) electrons. The molecule has 3 saturated heterocycles. The van der Waals surface area contributed by atoms with E-state index in [0.29, 0.717) is 12.3 Å². The zero-order chi connectivity index (χ0) is 12.9. The maximum Gasteiger partial charge on any atom is 0.217 e. The summed E-state index contributed by atoms with van der Waals surface area (Å²) in [6.45, 7) is 3.43. The van der Waals surface area contributed by atoms with Gasteiger partial charge in [0.1, 0.15) is 5.60 Å². The summed E-state index contributed by atoms with van der Waals surface area (Å²) < 4.78 is 6.23. The van der Waals surface area contributed by atoms with E-state index >= 15 is 0 Å². The number of nitrogens with one attached hydrogen (secondary N) is 1. The number of amides is 1. The molecule has 1 spiro atoms. The van der Waals surface area contributed by atoms with E-state index < -0.39 is 0 Å². The summed E-state index contributed by atoms with van der Waals surface area (Å²) in [5.41, 5.74) is 1.81. The van der Waals surface area contributed by atoms with Gasteiger partial charge in [0, 0.05) is 24.4 Å². The fourth-order valence-electron chi connectivity index (χ4n) is 3.85. The van der Waals surface area contributed by atoms with Crippen molar-refractivity contribution in [3.63, 3.8) is 0 Å². The van der Waals surface area contributed by atoms with Crippen LogP contribution >= 0.6 is 0 Å². The predicted octanol–water partition coefficient (Wildman–Crippen LogP) is 1.05. The summed E-state index contributed by atoms with van der Waals surface area (Å²) >= 11 is 0. The van der Waals surface area contributed by atoms with Crippen molar-refractivity contribution in [2.45, 2.75) is 24.9 Å². The van der Waals surface area contributed by atoms with Crippen molar-refractivity contribution >= 4 is 12.1 Å². The average Bonchev–Trinajstić information content (AvgIpc) is 2.77. The van der Waals surface area contributed by atoms with Crippen molar-refractivity contribution in [3.8, 4) is 5.88 Å². The smallest absolute Gasteiger partial charge is 0.217 e. The highest BCUT2D eigenvalue weighted by molar-refractivity contribution is 5.71. The molecule has 0 saturated carbocycles. The fraction of sp³-hybridized carbons (Fsp3) is 0.571. The predicted molar refractivity (Wildman–Crippen MR) is 70.2 cm³/mol. The minimum atomic E-state index is -0.0639. The van der Waals surface area contributed by atoms with Gasteiger partial charge >= 0.3 is 0 Å². The molecule has 19 heavy (non-hydrogen) atoms. The molecule has 5 heteroatoms. The minimum absolute atomic E-state index is 0.0639. The third kappa shape index (κ3) is 1.64. The first-order valence-electron chi connectivity index (χ1n) is 6.89. The number of nitrogens with zero attached hydrogens (tertiary/aromatic N) is 2. The molecule has 4 aliphatic rings. The first-order chi connectivity index (χ1) is 9.29. The second kappa shape index (κ2) is 3.93. The topological polar surface area (TPSA) is 54.5 Å². The molecule has 1 atom stereocenters. The summed E-state index contributed by atoms with van der Waals surface area (Å²) in [4.78, 5) is 17.3. The molecule has 0 aliphatic carbocycles. The average molecular weight is 259 g/mol. The molecule has 1 aromatic heterocycles. The zero-order valence-corrected chi connectivity index (χ0v) is 10.8. The number of pyridine rings is 1. The van der Waals surface area contributed by atoms with E-state index in [-0.39, 0.29) is 5.60 Å². The number of hydrogen-bond acceptors (Lipinski definition) is 4. The Labute approximate surface area is 112 Å². The number of carbonyl (C=O) groups is 1. The van der Waals surface area contributed by atoms with Gasteiger partial charge in [-0.15, -0.1) is 0 Å². The summed E-state index contributed by atoms with van der Waals surface area (Å²) in [6.07, 6.45) is 5.72. The molecule has 100 valence electrons. The molecular formula is C14H17N3O2. The van der Waals surface area contributed by atoms with Crippen LogP contribution in [-0.4, -0.2) is 41.5 Å². The lowest BCUT2D eigenvalue weighted by molar-refractivity contribution is -0.105. The first kappa shape index (κ1) is 11.2. The number of ether oxygens (including phenoxy) is 1. The van der Waals surface area contributed by atoms with Crippen LogP contribution in [0.5, 0.6) is 5.88 Å². The quantitative estimate of drug-likeness (QED) is 0.807. The van der Waals surface area contributed by atoms with Gasteiger partial charge in [0.05, 0.1) is 11.9 Å². The molecular weight excluding hydrogens is 242 g/mol. The van der Waals surface area contributed by atoms with Gasteiger partial charge in [-0.3, -0.25) is 9.69 Å². The van der Waals surface area contributed by atoms with Gasteiger partial charge in [0.25, 0.3) is 0 Å². The monoisotopic (exact) mass is 259 g/mol. The number of fused-ring (bicyclic) bond motifs is 3. The number of hydrogen-bond donors (Lipinski definition) is 1. The lowest BCUT2D eigenvalue weighted by atomic mass is 9.73. The van der Waals surface area contributed by atoms with Crippen LogP contribution in [0.15, 0.2) is 12.3 Å². The Morgan fingerprint density at radius 1 is 1.47 bits per heavy atom. The van der Waals surface area contributed by atoms with Crippen LogP contribution < -0.4 is 10.1 Å².